The van der Waals surface area contributed by atoms with Crippen molar-refractivity contribution in [3.05, 3.63) is 23.8 Å². The zero-order chi connectivity index (χ0) is 17.2. The number of hydrogen-bond acceptors (Lipinski definition) is 6. The minimum absolute atomic E-state index is 0.0240. The first-order chi connectivity index (χ1) is 10.7. The molecule has 1 aromatic carbocycles. The maximum absolute atomic E-state index is 11.2. The summed E-state index contributed by atoms with van der Waals surface area (Å²) in [6, 6.07) is 4.52. The average Bonchev–Trinajstić information content (AvgIpc) is 2.88. The van der Waals surface area contributed by atoms with Gasteiger partial charge in [-0.1, -0.05) is 6.07 Å². The number of carbonyl (C=O) groups is 1. The first kappa shape index (κ1) is 17.1. The summed E-state index contributed by atoms with van der Waals surface area (Å²) in [5.41, 5.74) is 1.00. The van der Waals surface area contributed by atoms with Crippen molar-refractivity contribution in [1.29, 1.82) is 0 Å². The van der Waals surface area contributed by atoms with Crippen LogP contribution in [0.15, 0.2) is 18.2 Å². The molecule has 2 rings (SSSR count). The maximum Gasteiger partial charge on any atom is 0.514 e. The molecule has 2 aromatic rings. The molecule has 1 heterocycles. The van der Waals surface area contributed by atoms with E-state index < -0.39 is 6.16 Å². The van der Waals surface area contributed by atoms with Gasteiger partial charge in [-0.3, -0.25) is 0 Å². The summed E-state index contributed by atoms with van der Waals surface area (Å²) < 4.78 is 9.41. The highest BCUT2D eigenvalue weighted by atomic mass is 16.7. The van der Waals surface area contributed by atoms with E-state index in [0.29, 0.717) is 10.9 Å². The second-order valence-corrected chi connectivity index (χ2v) is 6.28. The van der Waals surface area contributed by atoms with Crippen molar-refractivity contribution >= 4 is 17.1 Å². The Morgan fingerprint density at radius 2 is 2.09 bits per heavy atom. The fourth-order valence-electron chi connectivity index (χ4n) is 2.44. The molecule has 1 unspecified atom stereocenters. The molecule has 0 aliphatic rings. The van der Waals surface area contributed by atoms with E-state index in [4.69, 9.17) is 4.74 Å². The summed E-state index contributed by atoms with van der Waals surface area (Å²) >= 11 is 0. The number of ether oxygens (including phenoxy) is 2. The van der Waals surface area contributed by atoms with E-state index >= 15 is 0 Å². The lowest BCUT2D eigenvalue weighted by molar-refractivity contribution is 0.120. The van der Waals surface area contributed by atoms with Crippen molar-refractivity contribution in [3.63, 3.8) is 0 Å². The lowest BCUT2D eigenvalue weighted by Gasteiger charge is -2.28. The van der Waals surface area contributed by atoms with Crippen molar-refractivity contribution in [2.75, 3.05) is 13.7 Å². The van der Waals surface area contributed by atoms with E-state index in [1.54, 1.807) is 12.1 Å². The molecule has 0 bridgehead atoms. The largest absolute Gasteiger partial charge is 0.514 e. The average molecular weight is 322 g/mol. The molecule has 7 nitrogen and oxygen atoms in total. The molecule has 0 spiro atoms. The van der Waals surface area contributed by atoms with E-state index in [1.165, 1.54) is 13.2 Å². The Bertz CT molecular complexity index is 702. The smallest absolute Gasteiger partial charge is 0.506 e. The Morgan fingerprint density at radius 1 is 1.39 bits per heavy atom. The van der Waals surface area contributed by atoms with Crippen LogP contribution < -0.4 is 10.1 Å². The molecule has 0 radical (unpaired) electrons. The summed E-state index contributed by atoms with van der Waals surface area (Å²) in [6.07, 6.45) is -0.857. The van der Waals surface area contributed by atoms with Crippen LogP contribution in [-0.2, 0) is 4.74 Å². The molecule has 0 aliphatic heterocycles. The number of aliphatic hydroxyl groups is 1. The van der Waals surface area contributed by atoms with Crippen LogP contribution in [0.25, 0.3) is 10.9 Å². The molecular formula is C16H22N2O5. The Kier molecular flexibility index (Phi) is 4.82. The summed E-state index contributed by atoms with van der Waals surface area (Å²) in [4.78, 5) is 14.1. The number of nitrogens with one attached hydrogen (secondary N) is 2. The van der Waals surface area contributed by atoms with Crippen molar-refractivity contribution < 1.29 is 24.5 Å². The predicted molar refractivity (Wildman–Crippen MR) is 85.7 cm³/mol. The Hall–Kier alpha value is -2.25. The van der Waals surface area contributed by atoms with Crippen molar-refractivity contribution in [2.24, 2.45) is 0 Å². The van der Waals surface area contributed by atoms with Gasteiger partial charge in [-0.15, -0.1) is 0 Å². The molecule has 0 aliphatic carbocycles. The van der Waals surface area contributed by atoms with E-state index in [2.05, 4.69) is 15.0 Å². The number of methoxy groups -OCH3 is 1. The van der Waals surface area contributed by atoms with Crippen LogP contribution in [0, 0.1) is 0 Å². The van der Waals surface area contributed by atoms with Crippen LogP contribution in [0.3, 0.4) is 0 Å². The van der Waals surface area contributed by atoms with E-state index in [0.717, 1.165) is 5.56 Å². The standard InChI is InChI=1S/C16H22N2O5/c1-16(2,3)18-11(8-19)9-5-6-12(20)14-10(9)7-13(17-14)23-15(21)22-4/h5-7,11,17-20H,8H2,1-4H3. The van der Waals surface area contributed by atoms with Crippen molar-refractivity contribution in [3.8, 4) is 11.6 Å². The molecule has 1 aromatic heterocycles. The third-order valence-corrected chi connectivity index (χ3v) is 3.31. The van der Waals surface area contributed by atoms with Gasteiger partial charge in [0, 0.05) is 17.0 Å². The Balaban J connectivity index is 2.47. The molecule has 4 N–H and O–H groups in total. The highest BCUT2D eigenvalue weighted by molar-refractivity contribution is 5.90. The fraction of sp³-hybridized carbons (Fsp3) is 0.438. The normalized spacial score (nSPS) is 13.1. The van der Waals surface area contributed by atoms with Gasteiger partial charge in [0.15, 0.2) is 0 Å². The van der Waals surface area contributed by atoms with Crippen LogP contribution in [0.1, 0.15) is 32.4 Å². The zero-order valence-corrected chi connectivity index (χ0v) is 13.6. The number of hydrogen-bond donors (Lipinski definition) is 4. The quantitative estimate of drug-likeness (QED) is 0.645. The first-order valence-electron chi connectivity index (χ1n) is 7.24. The number of H-pyrrole nitrogens is 1. The minimum Gasteiger partial charge on any atom is -0.506 e. The third kappa shape index (κ3) is 3.94. The van der Waals surface area contributed by atoms with E-state index in [1.807, 2.05) is 20.8 Å². The number of phenols is 1. The number of aliphatic hydroxyl groups excluding tert-OH is 1. The van der Waals surface area contributed by atoms with Crippen molar-refractivity contribution in [2.45, 2.75) is 32.4 Å². The summed E-state index contributed by atoms with van der Waals surface area (Å²) in [7, 11) is 1.21. The molecule has 0 saturated heterocycles. The number of carbonyl (C=O) groups excluding carboxylic acids is 1. The lowest BCUT2D eigenvalue weighted by Crippen LogP contribution is -2.40. The third-order valence-electron chi connectivity index (χ3n) is 3.31. The molecular weight excluding hydrogens is 300 g/mol. The Morgan fingerprint density at radius 3 is 2.65 bits per heavy atom. The highest BCUT2D eigenvalue weighted by Gasteiger charge is 2.22. The second kappa shape index (κ2) is 6.47. The van der Waals surface area contributed by atoms with Crippen LogP contribution in [-0.4, -0.2) is 40.6 Å². The number of rotatable bonds is 4. The van der Waals surface area contributed by atoms with Gasteiger partial charge in [0.05, 0.1) is 25.3 Å². The number of aromatic amines is 1. The fourth-order valence-corrected chi connectivity index (χ4v) is 2.44. The van der Waals surface area contributed by atoms with Gasteiger partial charge in [0.25, 0.3) is 0 Å². The Labute approximate surface area is 134 Å². The number of fused-ring (bicyclic) bond motifs is 1. The number of benzene rings is 1. The molecule has 23 heavy (non-hydrogen) atoms. The van der Waals surface area contributed by atoms with Gasteiger partial charge in [0.1, 0.15) is 5.75 Å². The SMILES string of the molecule is COC(=O)Oc1cc2c(C(CO)NC(C)(C)C)ccc(O)c2[nH]1. The van der Waals surface area contributed by atoms with Gasteiger partial charge in [-0.25, -0.2) is 4.79 Å². The summed E-state index contributed by atoms with van der Waals surface area (Å²) in [5, 5.41) is 23.7. The topological polar surface area (TPSA) is 104 Å². The van der Waals surface area contributed by atoms with E-state index in [-0.39, 0.29) is 29.8 Å². The van der Waals surface area contributed by atoms with Gasteiger partial charge < -0.3 is 30.0 Å². The van der Waals surface area contributed by atoms with Gasteiger partial charge in [-0.2, -0.15) is 0 Å². The van der Waals surface area contributed by atoms with E-state index in [9.17, 15) is 15.0 Å². The molecule has 126 valence electrons. The second-order valence-electron chi connectivity index (χ2n) is 6.28. The molecule has 1 atom stereocenters. The summed E-state index contributed by atoms with van der Waals surface area (Å²) in [5.74, 6) is 0.179. The monoisotopic (exact) mass is 322 g/mol. The van der Waals surface area contributed by atoms with Crippen molar-refractivity contribution in [1.82, 2.24) is 10.3 Å². The molecule has 0 amide bonds. The van der Waals surface area contributed by atoms with Gasteiger partial charge >= 0.3 is 6.16 Å². The number of aromatic nitrogens is 1. The molecule has 7 heteroatoms. The van der Waals surface area contributed by atoms with Crippen LogP contribution >= 0.6 is 0 Å². The number of aromatic hydroxyl groups is 1. The maximum atomic E-state index is 11.2. The number of phenolic OH excluding ortho intramolecular Hbond substituents is 1. The first-order valence-corrected chi connectivity index (χ1v) is 7.24. The molecule has 0 fully saturated rings. The highest BCUT2D eigenvalue weighted by Crippen LogP contribution is 2.34. The zero-order valence-electron chi connectivity index (χ0n) is 13.6. The lowest BCUT2D eigenvalue weighted by atomic mass is 9.99. The minimum atomic E-state index is -0.857. The molecule has 0 saturated carbocycles. The van der Waals surface area contributed by atoms with Crippen LogP contribution in [0.4, 0.5) is 4.79 Å². The predicted octanol–water partition coefficient (Wildman–Crippen LogP) is 2.44. The van der Waals surface area contributed by atoms with Gasteiger partial charge in [0.2, 0.25) is 5.88 Å². The summed E-state index contributed by atoms with van der Waals surface area (Å²) in [6.45, 7) is 5.87. The van der Waals surface area contributed by atoms with Crippen LogP contribution in [0.5, 0.6) is 11.6 Å². The van der Waals surface area contributed by atoms with Gasteiger partial charge in [-0.05, 0) is 32.4 Å². The van der Waals surface area contributed by atoms with Crippen LogP contribution in [0.2, 0.25) is 0 Å².